The summed E-state index contributed by atoms with van der Waals surface area (Å²) >= 11 is 12.3. The Morgan fingerprint density at radius 2 is 1.93 bits per heavy atom. The van der Waals surface area contributed by atoms with Gasteiger partial charge in [0, 0.05) is 23.8 Å². The number of nitrogens with one attached hydrogen (secondary N) is 1. The first kappa shape index (κ1) is 19.3. The molecule has 4 aromatic rings. The fourth-order valence-corrected chi connectivity index (χ4v) is 3.25. The highest BCUT2D eigenvalue weighted by atomic mass is 35.5. The zero-order chi connectivity index (χ0) is 20.5. The Labute approximate surface area is 177 Å². The number of rotatable bonds is 5. The molecule has 9 heteroatoms. The lowest BCUT2D eigenvalue weighted by Crippen LogP contribution is -2.00. The number of benzene rings is 2. The van der Waals surface area contributed by atoms with Gasteiger partial charge in [0.1, 0.15) is 5.75 Å². The van der Waals surface area contributed by atoms with Crippen LogP contribution in [0, 0.1) is 6.92 Å². The number of hydrogen-bond donors (Lipinski definition) is 1. The van der Waals surface area contributed by atoms with Crippen molar-refractivity contribution in [2.75, 3.05) is 12.4 Å². The molecule has 0 aliphatic rings. The maximum atomic E-state index is 6.24. The number of ether oxygens (including phenoxy) is 1. The molecule has 0 saturated heterocycles. The van der Waals surface area contributed by atoms with Crippen LogP contribution in [0.25, 0.3) is 17.1 Å². The maximum absolute atomic E-state index is 6.24. The highest BCUT2D eigenvalue weighted by molar-refractivity contribution is 6.35. The van der Waals surface area contributed by atoms with Gasteiger partial charge in [-0.1, -0.05) is 23.2 Å². The Balaban J connectivity index is 1.67. The van der Waals surface area contributed by atoms with Gasteiger partial charge >= 0.3 is 0 Å². The van der Waals surface area contributed by atoms with Gasteiger partial charge in [-0.3, -0.25) is 0 Å². The molecule has 2 heterocycles. The summed E-state index contributed by atoms with van der Waals surface area (Å²) in [5.41, 5.74) is 3.29. The van der Waals surface area contributed by atoms with E-state index in [0.29, 0.717) is 33.3 Å². The summed E-state index contributed by atoms with van der Waals surface area (Å²) < 4.78 is 9.13. The number of halogens is 2. The first-order valence-corrected chi connectivity index (χ1v) is 9.52. The zero-order valence-electron chi connectivity index (χ0n) is 16.0. The van der Waals surface area contributed by atoms with Crippen LogP contribution in [-0.4, -0.2) is 31.4 Å². The molecule has 7 nitrogen and oxygen atoms in total. The van der Waals surface area contributed by atoms with Gasteiger partial charge in [0.2, 0.25) is 5.95 Å². The lowest BCUT2D eigenvalue weighted by Gasteiger charge is -2.10. The van der Waals surface area contributed by atoms with Crippen LogP contribution in [0.5, 0.6) is 5.75 Å². The number of aryl methyl sites for hydroxylation is 2. The lowest BCUT2D eigenvalue weighted by atomic mass is 10.1. The van der Waals surface area contributed by atoms with Crippen molar-refractivity contribution < 1.29 is 4.74 Å². The molecule has 0 amide bonds. The predicted molar refractivity (Wildman–Crippen MR) is 115 cm³/mol. The third-order valence-corrected chi connectivity index (χ3v) is 4.93. The third kappa shape index (κ3) is 3.92. The molecule has 0 atom stereocenters. The molecule has 1 N–H and O–H groups in total. The molecule has 0 radical (unpaired) electrons. The van der Waals surface area contributed by atoms with Crippen LogP contribution in [0.3, 0.4) is 0 Å². The normalized spacial score (nSPS) is 10.9. The molecule has 0 spiro atoms. The Bertz CT molecular complexity index is 1180. The monoisotopic (exact) mass is 428 g/mol. The summed E-state index contributed by atoms with van der Waals surface area (Å²) in [6, 6.07) is 11.0. The molecular weight excluding hydrogens is 411 g/mol. The number of methoxy groups -OCH3 is 1. The summed E-state index contributed by atoms with van der Waals surface area (Å²) in [5, 5.41) is 8.79. The first-order chi connectivity index (χ1) is 13.9. The minimum absolute atomic E-state index is 0.539. The summed E-state index contributed by atoms with van der Waals surface area (Å²) in [6.45, 7) is 1.94. The van der Waals surface area contributed by atoms with Crippen molar-refractivity contribution in [3.63, 3.8) is 0 Å². The van der Waals surface area contributed by atoms with Gasteiger partial charge in [-0.15, -0.1) is 5.10 Å². The van der Waals surface area contributed by atoms with Gasteiger partial charge in [-0.05, 0) is 43.3 Å². The fraction of sp³-hybridized carbons (Fsp3) is 0.150. The topological polar surface area (TPSA) is 69.8 Å². The van der Waals surface area contributed by atoms with E-state index < -0.39 is 0 Å². The molecule has 0 fully saturated rings. The summed E-state index contributed by atoms with van der Waals surface area (Å²) in [4.78, 5) is 8.86. The summed E-state index contributed by atoms with van der Waals surface area (Å²) in [7, 11) is 3.43. The molecule has 148 valence electrons. The predicted octanol–water partition coefficient (Wildman–Crippen LogP) is 5.04. The van der Waals surface area contributed by atoms with Crippen molar-refractivity contribution >= 4 is 34.8 Å². The molecular formula is C20H18Cl2N6O. The van der Waals surface area contributed by atoms with Crippen LogP contribution >= 0.6 is 23.2 Å². The molecule has 2 aromatic carbocycles. The minimum atomic E-state index is 0.539. The second kappa shape index (κ2) is 7.77. The minimum Gasteiger partial charge on any atom is -0.495 e. The fourth-order valence-electron chi connectivity index (χ4n) is 2.91. The molecule has 0 saturated carbocycles. The molecule has 0 aliphatic heterocycles. The standard InChI is InChI=1S/C20H18Cl2N6O/c1-12-10-28(11-23-12)17-7-4-13(8-18(17)29-3)19-25-20(27(2)26-19)24-16-9-14(21)5-6-15(16)22/h4-11H,1-3H3,(H,24,25,26). The number of anilines is 2. The van der Waals surface area contributed by atoms with E-state index in [4.69, 9.17) is 27.9 Å². The van der Waals surface area contributed by atoms with Crippen molar-refractivity contribution in [1.29, 1.82) is 0 Å². The van der Waals surface area contributed by atoms with Crippen LogP contribution in [0.2, 0.25) is 10.0 Å². The van der Waals surface area contributed by atoms with Crippen LogP contribution in [0.1, 0.15) is 5.69 Å². The molecule has 2 aromatic heterocycles. The second-order valence-corrected chi connectivity index (χ2v) is 7.28. The van der Waals surface area contributed by atoms with Crippen LogP contribution in [0.4, 0.5) is 11.6 Å². The molecule has 4 rings (SSSR count). The Hall–Kier alpha value is -3.03. The van der Waals surface area contributed by atoms with Crippen molar-refractivity contribution in [3.8, 4) is 22.8 Å². The second-order valence-electron chi connectivity index (χ2n) is 6.44. The number of nitrogens with zero attached hydrogens (tertiary/aromatic N) is 5. The Morgan fingerprint density at radius 1 is 1.10 bits per heavy atom. The SMILES string of the molecule is COc1cc(-c2nc(Nc3cc(Cl)ccc3Cl)n(C)n2)ccc1-n1cnc(C)c1. The van der Waals surface area contributed by atoms with Crippen LogP contribution in [0.15, 0.2) is 48.9 Å². The van der Waals surface area contributed by atoms with Crippen molar-refractivity contribution in [1.82, 2.24) is 24.3 Å². The van der Waals surface area contributed by atoms with E-state index in [2.05, 4.69) is 20.4 Å². The van der Waals surface area contributed by atoms with Gasteiger partial charge in [0.25, 0.3) is 0 Å². The molecule has 0 bridgehead atoms. The van der Waals surface area contributed by atoms with Gasteiger partial charge in [0.15, 0.2) is 5.82 Å². The average Bonchev–Trinajstić information content (AvgIpc) is 3.30. The maximum Gasteiger partial charge on any atom is 0.225 e. The largest absolute Gasteiger partial charge is 0.495 e. The molecule has 0 aliphatic carbocycles. The smallest absolute Gasteiger partial charge is 0.225 e. The first-order valence-electron chi connectivity index (χ1n) is 8.77. The van der Waals surface area contributed by atoms with E-state index in [1.54, 1.807) is 43.4 Å². The highest BCUT2D eigenvalue weighted by Crippen LogP contribution is 2.31. The van der Waals surface area contributed by atoms with E-state index >= 15 is 0 Å². The summed E-state index contributed by atoms with van der Waals surface area (Å²) in [5.74, 6) is 1.79. The Kier molecular flexibility index (Phi) is 5.17. The van der Waals surface area contributed by atoms with E-state index in [-0.39, 0.29) is 0 Å². The van der Waals surface area contributed by atoms with E-state index in [9.17, 15) is 0 Å². The number of imidazole rings is 1. The average molecular weight is 429 g/mol. The van der Waals surface area contributed by atoms with E-state index in [1.165, 1.54) is 0 Å². The third-order valence-electron chi connectivity index (χ3n) is 4.37. The zero-order valence-corrected chi connectivity index (χ0v) is 17.5. The van der Waals surface area contributed by atoms with Gasteiger partial charge < -0.3 is 14.6 Å². The van der Waals surface area contributed by atoms with Crippen molar-refractivity contribution in [2.45, 2.75) is 6.92 Å². The van der Waals surface area contributed by atoms with Gasteiger partial charge in [-0.2, -0.15) is 4.98 Å². The number of hydrogen-bond acceptors (Lipinski definition) is 5. The molecule has 0 unspecified atom stereocenters. The van der Waals surface area contributed by atoms with Crippen LogP contribution in [-0.2, 0) is 7.05 Å². The Morgan fingerprint density at radius 3 is 2.66 bits per heavy atom. The lowest BCUT2D eigenvalue weighted by molar-refractivity contribution is 0.413. The highest BCUT2D eigenvalue weighted by Gasteiger charge is 2.14. The molecule has 29 heavy (non-hydrogen) atoms. The van der Waals surface area contributed by atoms with Gasteiger partial charge in [0.05, 0.1) is 35.5 Å². The van der Waals surface area contributed by atoms with Gasteiger partial charge in [-0.25, -0.2) is 9.67 Å². The van der Waals surface area contributed by atoms with Crippen molar-refractivity contribution in [3.05, 3.63) is 64.7 Å². The van der Waals surface area contributed by atoms with Crippen LogP contribution < -0.4 is 10.1 Å². The van der Waals surface area contributed by atoms with E-state index in [1.807, 2.05) is 35.9 Å². The van der Waals surface area contributed by atoms with E-state index in [0.717, 1.165) is 16.9 Å². The van der Waals surface area contributed by atoms with Crippen molar-refractivity contribution in [2.24, 2.45) is 7.05 Å². The quantitative estimate of drug-likeness (QED) is 0.482. The number of aromatic nitrogens is 5. The summed E-state index contributed by atoms with van der Waals surface area (Å²) in [6.07, 6.45) is 3.69.